The molecule has 206 valence electrons. The molecule has 0 bridgehead atoms. The Hall–Kier alpha value is -3.82. The molecule has 1 saturated carbocycles. The van der Waals surface area contributed by atoms with Gasteiger partial charge in [0.15, 0.2) is 0 Å². The van der Waals surface area contributed by atoms with Gasteiger partial charge in [0.05, 0.1) is 35.4 Å². The zero-order chi connectivity index (χ0) is 28.2. The second-order valence-corrected chi connectivity index (χ2v) is 11.0. The van der Waals surface area contributed by atoms with Crippen LogP contribution in [-0.4, -0.2) is 57.7 Å². The number of nitrogens with two attached hydrogens (primary N) is 1. The average Bonchev–Trinajstić information content (AvgIpc) is 2.88. The number of carbonyl (C=O) groups excluding carboxylic acids is 2. The van der Waals surface area contributed by atoms with Gasteiger partial charge in [-0.3, -0.25) is 9.59 Å². The third-order valence-electron chi connectivity index (χ3n) is 7.29. The second-order valence-electron chi connectivity index (χ2n) is 11.0. The summed E-state index contributed by atoms with van der Waals surface area (Å²) in [6, 6.07) is 5.32. The van der Waals surface area contributed by atoms with Gasteiger partial charge in [-0.1, -0.05) is 11.8 Å². The lowest BCUT2D eigenvalue weighted by atomic mass is 9.80. The molecule has 2 heterocycles. The van der Waals surface area contributed by atoms with Gasteiger partial charge >= 0.3 is 0 Å². The number of primary amides is 1. The predicted molar refractivity (Wildman–Crippen MR) is 146 cm³/mol. The Labute approximate surface area is 229 Å². The summed E-state index contributed by atoms with van der Waals surface area (Å²) < 4.78 is 12.2. The van der Waals surface area contributed by atoms with E-state index < -0.39 is 11.5 Å². The Bertz CT molecular complexity index is 1340. The number of rotatable bonds is 6. The normalized spacial score (nSPS) is 23.0. The van der Waals surface area contributed by atoms with Gasteiger partial charge in [-0.2, -0.15) is 5.26 Å². The van der Waals surface area contributed by atoms with Crippen molar-refractivity contribution in [2.75, 3.05) is 13.1 Å². The predicted octanol–water partition coefficient (Wildman–Crippen LogP) is 3.70. The Kier molecular flexibility index (Phi) is 8.62. The smallest absolute Gasteiger partial charge is 0.252 e. The molecule has 2 fully saturated rings. The molecule has 9 heteroatoms. The number of aliphatic hydroxyl groups is 1. The first-order valence-electron chi connectivity index (χ1n) is 13.5. The molecule has 39 heavy (non-hydrogen) atoms. The lowest BCUT2D eigenvalue weighted by molar-refractivity contribution is -0.132. The number of ether oxygens (including phenoxy) is 2. The summed E-state index contributed by atoms with van der Waals surface area (Å²) in [5.74, 6) is 6.62. The quantitative estimate of drug-likeness (QED) is 0.541. The van der Waals surface area contributed by atoms with E-state index in [4.69, 9.17) is 20.5 Å². The van der Waals surface area contributed by atoms with Crippen LogP contribution < -0.4 is 15.2 Å². The molecule has 4 rings (SSSR count). The van der Waals surface area contributed by atoms with Crippen LogP contribution in [0.1, 0.15) is 81.6 Å². The van der Waals surface area contributed by atoms with Crippen LogP contribution in [-0.2, 0) is 4.79 Å². The highest BCUT2D eigenvalue weighted by Crippen LogP contribution is 2.35. The molecule has 2 amide bonds. The largest absolute Gasteiger partial charge is 0.490 e. The highest BCUT2D eigenvalue weighted by atomic mass is 16.5. The Morgan fingerprint density at radius 2 is 2.00 bits per heavy atom. The van der Waals surface area contributed by atoms with E-state index in [0.29, 0.717) is 53.9 Å². The minimum Gasteiger partial charge on any atom is -0.490 e. The van der Waals surface area contributed by atoms with Crippen molar-refractivity contribution >= 4 is 22.6 Å². The molecule has 2 aliphatic rings. The number of hydrogen-bond donors (Lipinski definition) is 2. The number of hydrogen-bond acceptors (Lipinski definition) is 7. The number of pyridine rings is 1. The number of carbonyl (C=O) groups is 2. The van der Waals surface area contributed by atoms with Crippen LogP contribution in [0.4, 0.5) is 0 Å². The van der Waals surface area contributed by atoms with Crippen molar-refractivity contribution < 1.29 is 24.2 Å². The monoisotopic (exact) mass is 532 g/mol. The van der Waals surface area contributed by atoms with Crippen molar-refractivity contribution in [3.63, 3.8) is 0 Å². The maximum Gasteiger partial charge on any atom is 0.252 e. The van der Waals surface area contributed by atoms with Crippen LogP contribution in [0.15, 0.2) is 18.3 Å². The standard InChI is InChI=1S/C30H36N4O5/c1-19(2)38-26-16-24-23(15-25(26)28(32)36)21(7-6-20-8-11-30(3,37)12-9-20)17-33-29(24)39-22-5-4-14-34(18-22)27(35)10-13-31/h15-17,19-20,22,37H,4-5,8-12,14,18H2,1-3H3,(H2,32,36). The molecule has 3 N–H and O–H groups in total. The Morgan fingerprint density at radius 3 is 2.67 bits per heavy atom. The molecule has 1 unspecified atom stereocenters. The summed E-state index contributed by atoms with van der Waals surface area (Å²) >= 11 is 0. The molecule has 2 aromatic rings. The first-order valence-corrected chi connectivity index (χ1v) is 13.5. The topological polar surface area (TPSA) is 139 Å². The molecule has 9 nitrogen and oxygen atoms in total. The van der Waals surface area contributed by atoms with E-state index in [-0.39, 0.29) is 36.0 Å². The van der Waals surface area contributed by atoms with Crippen LogP contribution >= 0.6 is 0 Å². The first kappa shape index (κ1) is 28.2. The van der Waals surface area contributed by atoms with Gasteiger partial charge in [0, 0.05) is 29.4 Å². The fourth-order valence-electron chi connectivity index (χ4n) is 5.14. The molecule has 0 radical (unpaired) electrons. The number of likely N-dealkylation sites (tertiary alicyclic amines) is 1. The van der Waals surface area contributed by atoms with Gasteiger partial charge in [-0.15, -0.1) is 0 Å². The SMILES string of the molecule is CC(C)Oc1cc2c(OC3CCCN(C(=O)CC#N)C3)ncc(C#CC3CCC(C)(O)CC3)c2cc1C(N)=O. The number of benzene rings is 1. The van der Waals surface area contributed by atoms with Crippen LogP contribution in [0.2, 0.25) is 0 Å². The lowest BCUT2D eigenvalue weighted by Crippen LogP contribution is -2.44. The number of fused-ring (bicyclic) bond motifs is 1. The third kappa shape index (κ3) is 6.99. The minimum absolute atomic E-state index is 0.161. The second kappa shape index (κ2) is 11.9. The van der Waals surface area contributed by atoms with Crippen LogP contribution in [0, 0.1) is 29.1 Å². The molecule has 0 spiro atoms. The van der Waals surface area contributed by atoms with Gasteiger partial charge in [0.1, 0.15) is 18.3 Å². The summed E-state index contributed by atoms with van der Waals surface area (Å²) in [6.45, 7) is 6.55. The number of nitrogens with zero attached hydrogens (tertiary/aromatic N) is 3. The molecular formula is C30H36N4O5. The van der Waals surface area contributed by atoms with E-state index in [2.05, 4.69) is 16.8 Å². The van der Waals surface area contributed by atoms with E-state index in [0.717, 1.165) is 25.7 Å². The Morgan fingerprint density at radius 1 is 1.26 bits per heavy atom. The maximum atomic E-state index is 12.4. The van der Waals surface area contributed by atoms with Crippen molar-refractivity contribution in [3.05, 3.63) is 29.5 Å². The summed E-state index contributed by atoms with van der Waals surface area (Å²) in [6.07, 6.45) is 5.51. The highest BCUT2D eigenvalue weighted by molar-refractivity contribution is 6.03. The van der Waals surface area contributed by atoms with Crippen molar-refractivity contribution in [2.24, 2.45) is 11.7 Å². The van der Waals surface area contributed by atoms with Gasteiger partial charge in [0.2, 0.25) is 11.8 Å². The van der Waals surface area contributed by atoms with Gasteiger partial charge in [-0.05, 0) is 71.4 Å². The third-order valence-corrected chi connectivity index (χ3v) is 7.29. The Balaban J connectivity index is 1.71. The van der Waals surface area contributed by atoms with Crippen LogP contribution in [0.5, 0.6) is 11.6 Å². The maximum absolute atomic E-state index is 12.4. The molecule has 1 aromatic carbocycles. The number of piperidine rings is 1. The van der Waals surface area contributed by atoms with Crippen molar-refractivity contribution in [1.29, 1.82) is 5.26 Å². The van der Waals surface area contributed by atoms with Crippen molar-refractivity contribution in [1.82, 2.24) is 9.88 Å². The van der Waals surface area contributed by atoms with Gasteiger partial charge in [-0.25, -0.2) is 4.98 Å². The van der Waals surface area contributed by atoms with E-state index in [1.165, 1.54) is 0 Å². The van der Waals surface area contributed by atoms with E-state index in [9.17, 15) is 14.7 Å². The van der Waals surface area contributed by atoms with Crippen molar-refractivity contribution in [2.45, 2.75) is 83.5 Å². The van der Waals surface area contributed by atoms with Crippen LogP contribution in [0.25, 0.3) is 10.8 Å². The summed E-state index contributed by atoms with van der Waals surface area (Å²) in [5, 5.41) is 20.5. The lowest BCUT2D eigenvalue weighted by Gasteiger charge is -2.32. The number of amides is 2. The minimum atomic E-state index is -0.636. The zero-order valence-corrected chi connectivity index (χ0v) is 22.8. The van der Waals surface area contributed by atoms with Gasteiger partial charge < -0.3 is 25.2 Å². The van der Waals surface area contributed by atoms with E-state index >= 15 is 0 Å². The highest BCUT2D eigenvalue weighted by Gasteiger charge is 2.28. The first-order chi connectivity index (χ1) is 18.6. The fourth-order valence-corrected chi connectivity index (χ4v) is 5.14. The van der Waals surface area contributed by atoms with E-state index in [1.54, 1.807) is 23.2 Å². The number of aromatic nitrogens is 1. The summed E-state index contributed by atoms with van der Waals surface area (Å²) in [7, 11) is 0. The molecule has 1 aliphatic heterocycles. The molecule has 1 saturated heterocycles. The van der Waals surface area contributed by atoms with Gasteiger partial charge in [0.25, 0.3) is 5.91 Å². The fraction of sp³-hybridized carbons (Fsp3) is 0.533. The molecular weight excluding hydrogens is 496 g/mol. The average molecular weight is 533 g/mol. The zero-order valence-electron chi connectivity index (χ0n) is 22.8. The molecule has 1 aliphatic carbocycles. The van der Waals surface area contributed by atoms with E-state index in [1.807, 2.05) is 26.8 Å². The summed E-state index contributed by atoms with van der Waals surface area (Å²) in [5.41, 5.74) is 5.97. The molecule has 1 aromatic heterocycles. The van der Waals surface area contributed by atoms with Crippen molar-refractivity contribution in [3.8, 4) is 29.5 Å². The summed E-state index contributed by atoms with van der Waals surface area (Å²) in [4.78, 5) is 30.9. The molecule has 1 atom stereocenters. The van der Waals surface area contributed by atoms with Crippen LogP contribution in [0.3, 0.4) is 0 Å². The number of nitriles is 1.